The van der Waals surface area contributed by atoms with Crippen molar-refractivity contribution >= 4 is 54.5 Å². The fraction of sp³-hybridized carbons (Fsp3) is 0. The van der Waals surface area contributed by atoms with Gasteiger partial charge in [0, 0.05) is 43.7 Å². The molecule has 0 fully saturated rings. The molecule has 0 unspecified atom stereocenters. The molecule has 232 valence electrons. The van der Waals surface area contributed by atoms with Crippen molar-refractivity contribution in [3.8, 4) is 40.1 Å². The number of benzene rings is 7. The molecule has 0 aliphatic rings. The number of fused-ring (bicyclic) bond motifs is 8. The average Bonchev–Trinajstić information content (AvgIpc) is 3.71. The van der Waals surface area contributed by atoms with Crippen molar-refractivity contribution in [1.82, 2.24) is 19.1 Å². The number of rotatable bonds is 4. The van der Waals surface area contributed by atoms with Crippen LogP contribution in [0.1, 0.15) is 5.56 Å². The van der Waals surface area contributed by atoms with E-state index in [1.54, 1.807) is 0 Å². The lowest BCUT2D eigenvalue weighted by Gasteiger charge is -2.14. The fourth-order valence-electron chi connectivity index (χ4n) is 7.58. The van der Waals surface area contributed by atoms with E-state index in [1.165, 1.54) is 10.8 Å². The summed E-state index contributed by atoms with van der Waals surface area (Å²) in [6.45, 7) is 0. The first-order valence-corrected chi connectivity index (χ1v) is 16.7. The van der Waals surface area contributed by atoms with Crippen LogP contribution < -0.4 is 0 Å². The molecular formula is C45H27N5. The highest BCUT2D eigenvalue weighted by Crippen LogP contribution is 2.43. The predicted molar refractivity (Wildman–Crippen MR) is 204 cm³/mol. The van der Waals surface area contributed by atoms with E-state index >= 15 is 0 Å². The van der Waals surface area contributed by atoms with Crippen molar-refractivity contribution in [3.05, 3.63) is 169 Å². The van der Waals surface area contributed by atoms with E-state index in [4.69, 9.17) is 9.97 Å². The summed E-state index contributed by atoms with van der Waals surface area (Å²) in [6.07, 6.45) is 0. The van der Waals surface area contributed by atoms with E-state index in [0.717, 1.165) is 71.9 Å². The van der Waals surface area contributed by atoms with E-state index in [-0.39, 0.29) is 0 Å². The van der Waals surface area contributed by atoms with E-state index < -0.39 is 0 Å². The lowest BCUT2D eigenvalue weighted by atomic mass is 10.0. The Kier molecular flexibility index (Phi) is 6.17. The second-order valence-corrected chi connectivity index (χ2v) is 12.5. The zero-order valence-corrected chi connectivity index (χ0v) is 26.8. The molecule has 5 nitrogen and oxygen atoms in total. The molecule has 0 bridgehead atoms. The van der Waals surface area contributed by atoms with Gasteiger partial charge in [-0.3, -0.25) is 0 Å². The molecule has 3 heterocycles. The maximum absolute atomic E-state index is 10.6. The minimum atomic E-state index is 0.585. The Balaban J connectivity index is 1.30. The Labute approximate surface area is 287 Å². The molecule has 0 N–H and O–H groups in total. The summed E-state index contributed by atoms with van der Waals surface area (Å²) < 4.78 is 4.63. The number of hydrogen-bond acceptors (Lipinski definition) is 3. The molecule has 10 rings (SSSR count). The summed E-state index contributed by atoms with van der Waals surface area (Å²) >= 11 is 0. The summed E-state index contributed by atoms with van der Waals surface area (Å²) in [5, 5.41) is 16.2. The lowest BCUT2D eigenvalue weighted by molar-refractivity contribution is 1.16. The van der Waals surface area contributed by atoms with Gasteiger partial charge in [0.15, 0.2) is 5.82 Å². The zero-order chi connectivity index (χ0) is 33.2. The molecule has 0 aliphatic heterocycles. The second kappa shape index (κ2) is 11.0. The van der Waals surface area contributed by atoms with Gasteiger partial charge in [-0.25, -0.2) is 9.97 Å². The van der Waals surface area contributed by atoms with E-state index in [0.29, 0.717) is 11.4 Å². The van der Waals surface area contributed by atoms with Gasteiger partial charge in [-0.1, -0.05) is 115 Å². The van der Waals surface area contributed by atoms with Gasteiger partial charge in [-0.2, -0.15) is 5.26 Å². The number of aromatic nitrogens is 4. The van der Waals surface area contributed by atoms with Crippen molar-refractivity contribution in [1.29, 1.82) is 5.26 Å². The molecule has 5 heteroatoms. The minimum Gasteiger partial charge on any atom is -0.309 e. The van der Waals surface area contributed by atoms with Gasteiger partial charge < -0.3 is 9.13 Å². The van der Waals surface area contributed by atoms with Crippen LogP contribution >= 0.6 is 0 Å². The molecule has 3 aromatic heterocycles. The summed E-state index contributed by atoms with van der Waals surface area (Å²) in [6, 6.07) is 58.9. The Hall–Kier alpha value is -7.03. The summed E-state index contributed by atoms with van der Waals surface area (Å²) in [7, 11) is 0. The average molecular weight is 638 g/mol. The first-order chi connectivity index (χ1) is 24.8. The molecule has 50 heavy (non-hydrogen) atoms. The largest absolute Gasteiger partial charge is 0.309 e. The van der Waals surface area contributed by atoms with Crippen molar-refractivity contribution in [2.24, 2.45) is 0 Å². The van der Waals surface area contributed by atoms with Crippen LogP contribution in [-0.2, 0) is 0 Å². The van der Waals surface area contributed by atoms with Crippen LogP contribution in [0.15, 0.2) is 164 Å². The van der Waals surface area contributed by atoms with Crippen LogP contribution in [0, 0.1) is 11.3 Å². The van der Waals surface area contributed by atoms with Crippen LogP contribution in [0.4, 0.5) is 0 Å². The number of hydrogen-bond donors (Lipinski definition) is 0. The van der Waals surface area contributed by atoms with Gasteiger partial charge in [0.1, 0.15) is 6.07 Å². The molecule has 10 aromatic rings. The first kappa shape index (κ1) is 28.0. The van der Waals surface area contributed by atoms with Crippen molar-refractivity contribution in [3.63, 3.8) is 0 Å². The highest BCUT2D eigenvalue weighted by atomic mass is 15.0. The van der Waals surface area contributed by atoms with Gasteiger partial charge in [0.05, 0.1) is 44.5 Å². The minimum absolute atomic E-state index is 0.585. The zero-order valence-electron chi connectivity index (χ0n) is 26.8. The molecule has 0 spiro atoms. The van der Waals surface area contributed by atoms with E-state index in [1.807, 2.05) is 60.7 Å². The van der Waals surface area contributed by atoms with Crippen LogP contribution in [0.2, 0.25) is 0 Å². The normalized spacial score (nSPS) is 11.6. The number of nitriles is 1. The predicted octanol–water partition coefficient (Wildman–Crippen LogP) is 11.0. The van der Waals surface area contributed by atoms with Gasteiger partial charge in [0.25, 0.3) is 0 Å². The summed E-state index contributed by atoms with van der Waals surface area (Å²) in [5.74, 6) is 0.665. The first-order valence-electron chi connectivity index (χ1n) is 16.7. The SMILES string of the molecule is N#Cc1ccc(-c2nc(-c3ccccc3)nc3ccccc23)cc1-n1c2ccccc2c2c1ccc1c3ccccc3n(-c3ccccc3)c12. The highest BCUT2D eigenvalue weighted by molar-refractivity contribution is 6.26. The van der Waals surface area contributed by atoms with Crippen molar-refractivity contribution in [2.45, 2.75) is 0 Å². The Morgan fingerprint density at radius 2 is 1.14 bits per heavy atom. The van der Waals surface area contributed by atoms with Crippen LogP contribution in [-0.4, -0.2) is 19.1 Å². The number of para-hydroxylation sites is 4. The smallest absolute Gasteiger partial charge is 0.160 e. The van der Waals surface area contributed by atoms with Gasteiger partial charge in [-0.05, 0) is 48.5 Å². The van der Waals surface area contributed by atoms with Crippen LogP contribution in [0.25, 0.3) is 88.5 Å². The molecule has 0 radical (unpaired) electrons. The molecule has 0 saturated carbocycles. The van der Waals surface area contributed by atoms with Crippen LogP contribution in [0.3, 0.4) is 0 Å². The topological polar surface area (TPSA) is 59.4 Å². The van der Waals surface area contributed by atoms with Gasteiger partial charge in [-0.15, -0.1) is 0 Å². The highest BCUT2D eigenvalue weighted by Gasteiger charge is 2.22. The molecule has 7 aromatic carbocycles. The molecule has 0 saturated heterocycles. The third-order valence-corrected chi connectivity index (χ3v) is 9.75. The Bertz CT molecular complexity index is 2980. The Morgan fingerprint density at radius 3 is 1.92 bits per heavy atom. The molecule has 0 aliphatic carbocycles. The molecular weight excluding hydrogens is 611 g/mol. The standard InChI is InChI=1S/C45H27N5/c46-28-31-24-23-30(43-35-18-7-10-20-37(35)47-45(48-43)29-13-3-1-4-14-29)27-41(31)50-39-22-12-9-19-36(39)42-40(50)26-25-34-33-17-8-11-21-38(33)49(44(34)42)32-15-5-2-6-16-32/h1-27H. The maximum atomic E-state index is 10.6. The second-order valence-electron chi connectivity index (χ2n) is 12.5. The van der Waals surface area contributed by atoms with Crippen LogP contribution in [0.5, 0.6) is 0 Å². The van der Waals surface area contributed by atoms with E-state index in [9.17, 15) is 5.26 Å². The summed E-state index contributed by atoms with van der Waals surface area (Å²) in [5.41, 5.74) is 10.4. The number of nitrogens with zero attached hydrogens (tertiary/aromatic N) is 5. The third-order valence-electron chi connectivity index (χ3n) is 9.75. The quantitative estimate of drug-likeness (QED) is 0.193. The van der Waals surface area contributed by atoms with Crippen molar-refractivity contribution < 1.29 is 0 Å². The lowest BCUT2D eigenvalue weighted by Crippen LogP contribution is -2.00. The van der Waals surface area contributed by atoms with Crippen molar-refractivity contribution in [2.75, 3.05) is 0 Å². The summed E-state index contributed by atoms with van der Waals surface area (Å²) in [4.78, 5) is 10.1. The molecule has 0 amide bonds. The van der Waals surface area contributed by atoms with E-state index in [2.05, 4.69) is 118 Å². The monoisotopic (exact) mass is 637 g/mol. The Morgan fingerprint density at radius 1 is 0.480 bits per heavy atom. The molecule has 0 atom stereocenters. The third kappa shape index (κ3) is 4.12. The maximum Gasteiger partial charge on any atom is 0.160 e. The fourth-order valence-corrected chi connectivity index (χ4v) is 7.58. The van der Waals surface area contributed by atoms with Gasteiger partial charge in [0.2, 0.25) is 0 Å². The van der Waals surface area contributed by atoms with Gasteiger partial charge >= 0.3 is 0 Å².